The summed E-state index contributed by atoms with van der Waals surface area (Å²) in [6.07, 6.45) is 0. The molecule has 1 N–H and O–H groups in total. The van der Waals surface area contributed by atoms with E-state index in [1.165, 1.54) is 0 Å². The molecule has 0 fully saturated rings. The predicted octanol–water partition coefficient (Wildman–Crippen LogP) is 1.66. The highest BCUT2D eigenvalue weighted by Crippen LogP contribution is 2.12. The van der Waals surface area contributed by atoms with E-state index in [0.29, 0.717) is 17.0 Å². The molecule has 1 heterocycles. The normalized spacial score (nSPS) is 10.7. The maximum absolute atomic E-state index is 11.6. The zero-order valence-electron chi connectivity index (χ0n) is 7.74. The summed E-state index contributed by atoms with van der Waals surface area (Å²) in [5.74, 6) is 1.06. The van der Waals surface area contributed by atoms with E-state index in [2.05, 4.69) is 22.6 Å². The Labute approximate surface area is 86.6 Å². The second-order valence-electron chi connectivity index (χ2n) is 3.14. The molecule has 0 aliphatic rings. The Bertz CT molecular complexity index is 533. The molecule has 0 unspecified atom stereocenters. The van der Waals surface area contributed by atoms with Gasteiger partial charge in [-0.2, -0.15) is 12.6 Å². The highest BCUT2D eigenvalue weighted by molar-refractivity contribution is 7.79. The van der Waals surface area contributed by atoms with Crippen LogP contribution in [0.3, 0.4) is 0 Å². The first-order chi connectivity index (χ1) is 6.72. The van der Waals surface area contributed by atoms with Gasteiger partial charge in [-0.1, -0.05) is 12.1 Å². The number of nitrogens with zero attached hydrogens (tertiary/aromatic N) is 1. The summed E-state index contributed by atoms with van der Waals surface area (Å²) in [6, 6.07) is 5.57. The third-order valence-electron chi connectivity index (χ3n) is 2.14. The van der Waals surface area contributed by atoms with Crippen molar-refractivity contribution in [1.29, 1.82) is 0 Å². The summed E-state index contributed by atoms with van der Waals surface area (Å²) in [7, 11) is 0. The molecule has 1 aromatic heterocycles. The second kappa shape index (κ2) is 3.46. The highest BCUT2D eigenvalue weighted by atomic mass is 32.1. The number of aryl methyl sites for hydroxylation is 1. The number of hydrogen-bond acceptors (Lipinski definition) is 3. The maximum atomic E-state index is 11.6. The van der Waals surface area contributed by atoms with E-state index < -0.39 is 0 Å². The van der Waals surface area contributed by atoms with Crippen molar-refractivity contribution in [1.82, 2.24) is 9.97 Å². The Morgan fingerprint density at radius 2 is 2.29 bits per heavy atom. The van der Waals surface area contributed by atoms with Crippen molar-refractivity contribution in [3.63, 3.8) is 0 Å². The summed E-state index contributed by atoms with van der Waals surface area (Å²) in [4.78, 5) is 18.6. The number of hydrogen-bond donors (Lipinski definition) is 2. The molecule has 0 aliphatic carbocycles. The molecule has 0 bridgehead atoms. The van der Waals surface area contributed by atoms with E-state index in [1.54, 1.807) is 6.07 Å². The van der Waals surface area contributed by atoms with Crippen molar-refractivity contribution < 1.29 is 0 Å². The molecule has 0 amide bonds. The van der Waals surface area contributed by atoms with Gasteiger partial charge in [0, 0.05) is 5.75 Å². The van der Waals surface area contributed by atoms with E-state index in [-0.39, 0.29) is 5.56 Å². The van der Waals surface area contributed by atoms with E-state index >= 15 is 0 Å². The van der Waals surface area contributed by atoms with Crippen molar-refractivity contribution in [2.45, 2.75) is 12.7 Å². The lowest BCUT2D eigenvalue weighted by molar-refractivity contribution is 1.04. The summed E-state index contributed by atoms with van der Waals surface area (Å²) < 4.78 is 0. The lowest BCUT2D eigenvalue weighted by atomic mass is 10.1. The molecule has 0 aliphatic heterocycles. The number of fused-ring (bicyclic) bond motifs is 1. The molecule has 4 heteroatoms. The van der Waals surface area contributed by atoms with Gasteiger partial charge in [0.05, 0.1) is 10.9 Å². The molecule has 0 spiro atoms. The van der Waals surface area contributed by atoms with Crippen molar-refractivity contribution in [2.75, 3.05) is 0 Å². The standard InChI is InChI=1S/C10H10N2OS/c1-6-3-2-4-7-9(6)11-8(5-14)12-10(7)13/h2-4,14H,5H2,1H3,(H,11,12,13). The Kier molecular flexibility index (Phi) is 2.29. The summed E-state index contributed by atoms with van der Waals surface area (Å²) in [5, 5.41) is 0.635. The summed E-state index contributed by atoms with van der Waals surface area (Å²) in [6.45, 7) is 1.94. The predicted molar refractivity (Wildman–Crippen MR) is 59.8 cm³/mol. The van der Waals surface area contributed by atoms with Crippen LogP contribution >= 0.6 is 12.6 Å². The molecule has 0 atom stereocenters. The molecule has 0 saturated heterocycles. The smallest absolute Gasteiger partial charge is 0.258 e. The van der Waals surface area contributed by atoms with Gasteiger partial charge in [0.15, 0.2) is 0 Å². The van der Waals surface area contributed by atoms with Crippen LogP contribution in [-0.2, 0) is 5.75 Å². The van der Waals surface area contributed by atoms with Crippen LogP contribution in [0.5, 0.6) is 0 Å². The van der Waals surface area contributed by atoms with Crippen LogP contribution < -0.4 is 5.56 Å². The monoisotopic (exact) mass is 206 g/mol. The quantitative estimate of drug-likeness (QED) is 0.697. The Morgan fingerprint density at radius 1 is 1.50 bits per heavy atom. The zero-order valence-corrected chi connectivity index (χ0v) is 8.64. The molecule has 1 aromatic carbocycles. The summed E-state index contributed by atoms with van der Waals surface area (Å²) in [5.41, 5.74) is 1.68. The maximum Gasteiger partial charge on any atom is 0.258 e. The van der Waals surface area contributed by atoms with E-state index in [4.69, 9.17) is 0 Å². The van der Waals surface area contributed by atoms with Crippen molar-refractivity contribution >= 4 is 23.5 Å². The van der Waals surface area contributed by atoms with Crippen LogP contribution in [0.2, 0.25) is 0 Å². The molecule has 0 radical (unpaired) electrons. The number of aromatic nitrogens is 2. The van der Waals surface area contributed by atoms with Crippen LogP contribution in [0.4, 0.5) is 0 Å². The average molecular weight is 206 g/mol. The molecule has 0 saturated carbocycles. The van der Waals surface area contributed by atoms with Gasteiger partial charge in [-0.25, -0.2) is 4.98 Å². The number of aromatic amines is 1. The lowest BCUT2D eigenvalue weighted by Crippen LogP contribution is -2.11. The number of benzene rings is 1. The van der Waals surface area contributed by atoms with Gasteiger partial charge < -0.3 is 4.98 Å². The lowest BCUT2D eigenvalue weighted by Gasteiger charge is -2.02. The van der Waals surface area contributed by atoms with Gasteiger partial charge >= 0.3 is 0 Å². The zero-order chi connectivity index (χ0) is 10.1. The molecule has 2 rings (SSSR count). The van der Waals surface area contributed by atoms with Gasteiger partial charge in [0.25, 0.3) is 5.56 Å². The number of nitrogens with one attached hydrogen (secondary N) is 1. The largest absolute Gasteiger partial charge is 0.309 e. The molecule has 14 heavy (non-hydrogen) atoms. The van der Waals surface area contributed by atoms with E-state index in [1.807, 2.05) is 19.1 Å². The Morgan fingerprint density at radius 3 is 3.00 bits per heavy atom. The van der Waals surface area contributed by atoms with Crippen LogP contribution in [0, 0.1) is 6.92 Å². The second-order valence-corrected chi connectivity index (χ2v) is 3.46. The Balaban J connectivity index is 2.91. The molecular weight excluding hydrogens is 196 g/mol. The van der Waals surface area contributed by atoms with Crippen LogP contribution in [0.1, 0.15) is 11.4 Å². The van der Waals surface area contributed by atoms with Gasteiger partial charge in [-0.05, 0) is 18.6 Å². The van der Waals surface area contributed by atoms with Crippen LogP contribution in [0.25, 0.3) is 10.9 Å². The van der Waals surface area contributed by atoms with Crippen molar-refractivity contribution in [3.05, 3.63) is 39.9 Å². The van der Waals surface area contributed by atoms with Gasteiger partial charge in [-0.15, -0.1) is 0 Å². The summed E-state index contributed by atoms with van der Waals surface area (Å²) >= 11 is 4.08. The van der Waals surface area contributed by atoms with Gasteiger partial charge in [-0.3, -0.25) is 4.79 Å². The first kappa shape index (κ1) is 9.27. The topological polar surface area (TPSA) is 45.8 Å². The van der Waals surface area contributed by atoms with Crippen LogP contribution in [0.15, 0.2) is 23.0 Å². The number of thiol groups is 1. The fraction of sp³-hybridized carbons (Fsp3) is 0.200. The minimum Gasteiger partial charge on any atom is -0.309 e. The first-order valence-corrected chi connectivity index (χ1v) is 4.95. The fourth-order valence-corrected chi connectivity index (χ4v) is 1.58. The third kappa shape index (κ3) is 1.42. The number of H-pyrrole nitrogens is 1. The third-order valence-corrected chi connectivity index (χ3v) is 2.44. The van der Waals surface area contributed by atoms with E-state index in [9.17, 15) is 4.79 Å². The number of rotatable bonds is 1. The number of para-hydroxylation sites is 1. The Hall–Kier alpha value is -1.29. The first-order valence-electron chi connectivity index (χ1n) is 4.32. The minimum atomic E-state index is -0.0947. The van der Waals surface area contributed by atoms with Gasteiger partial charge in [0.2, 0.25) is 0 Å². The fourth-order valence-electron chi connectivity index (χ4n) is 1.43. The van der Waals surface area contributed by atoms with E-state index in [0.717, 1.165) is 11.1 Å². The minimum absolute atomic E-state index is 0.0947. The highest BCUT2D eigenvalue weighted by Gasteiger charge is 2.03. The average Bonchev–Trinajstić information content (AvgIpc) is 2.19. The molecular formula is C10H10N2OS. The molecule has 3 nitrogen and oxygen atoms in total. The molecule has 2 aromatic rings. The van der Waals surface area contributed by atoms with Crippen molar-refractivity contribution in [3.8, 4) is 0 Å². The van der Waals surface area contributed by atoms with Crippen LogP contribution in [-0.4, -0.2) is 9.97 Å². The molecule has 72 valence electrons. The SMILES string of the molecule is Cc1cccc2c(=O)[nH]c(CS)nc12. The van der Waals surface area contributed by atoms with Gasteiger partial charge in [0.1, 0.15) is 5.82 Å². The van der Waals surface area contributed by atoms with Crippen molar-refractivity contribution in [2.24, 2.45) is 0 Å².